The summed E-state index contributed by atoms with van der Waals surface area (Å²) < 4.78 is 0. The van der Waals surface area contributed by atoms with Crippen LogP contribution in [-0.2, 0) is 29.7 Å². The predicted octanol–water partition coefficient (Wildman–Crippen LogP) is 1.23. The molecule has 6 N–H and O–H groups in total. The molecule has 0 heterocycles. The van der Waals surface area contributed by atoms with Gasteiger partial charge in [-0.25, -0.2) is 0 Å². The minimum absolute atomic E-state index is 0. The van der Waals surface area contributed by atoms with Crippen molar-refractivity contribution in [2.24, 2.45) is 0 Å². The van der Waals surface area contributed by atoms with Crippen LogP contribution in [0, 0.1) is 0 Å². The maximum atomic E-state index is 11.4. The Morgan fingerprint density at radius 2 is 1.07 bits per heavy atom. The second kappa shape index (κ2) is 10.6. The average molecular weight is 459 g/mol. The summed E-state index contributed by atoms with van der Waals surface area (Å²) in [5, 5.41) is 43.8. The van der Waals surface area contributed by atoms with Gasteiger partial charge in [0, 0.05) is 44.3 Å². The average Bonchev–Trinajstić information content (AvgIpc) is 2.59. The maximum absolute atomic E-state index is 11.4. The van der Waals surface area contributed by atoms with E-state index in [1.54, 1.807) is 24.3 Å². The van der Waals surface area contributed by atoms with Gasteiger partial charge in [-0.1, -0.05) is 36.4 Å². The number of phenolic OH excluding ortho intramolecular Hbond substituents is 2. The van der Waals surface area contributed by atoms with E-state index in [-0.39, 0.29) is 55.8 Å². The zero-order chi connectivity index (χ0) is 19.1. The van der Waals surface area contributed by atoms with Crippen LogP contribution in [0.15, 0.2) is 48.5 Å². The van der Waals surface area contributed by atoms with Crippen LogP contribution in [0.25, 0.3) is 0 Å². The largest absolute Gasteiger partial charge is 0.508 e. The Balaban J connectivity index is 0.00000364. The number of benzene rings is 2. The molecule has 8 nitrogen and oxygen atoms in total. The van der Waals surface area contributed by atoms with E-state index < -0.39 is 24.0 Å². The third kappa shape index (κ3) is 6.04. The Bertz CT molecular complexity index is 720. The van der Waals surface area contributed by atoms with E-state index in [1.165, 1.54) is 24.3 Å². The molecule has 0 saturated carbocycles. The molecule has 0 aromatic heterocycles. The number of phenols is 2. The molecule has 145 valence electrons. The Morgan fingerprint density at radius 1 is 0.741 bits per heavy atom. The van der Waals surface area contributed by atoms with Crippen molar-refractivity contribution in [1.29, 1.82) is 0 Å². The minimum Gasteiger partial charge on any atom is -0.508 e. The van der Waals surface area contributed by atoms with Crippen molar-refractivity contribution in [3.05, 3.63) is 59.7 Å². The maximum Gasteiger partial charge on any atom is 0.325 e. The van der Waals surface area contributed by atoms with Crippen molar-refractivity contribution in [1.82, 2.24) is 10.6 Å². The summed E-state index contributed by atoms with van der Waals surface area (Å²) in [5.41, 5.74) is 0.436. The van der Waals surface area contributed by atoms with Gasteiger partial charge in [-0.15, -0.1) is 0 Å². The monoisotopic (exact) mass is 459 g/mol. The topological polar surface area (TPSA) is 139 Å². The summed E-state index contributed by atoms with van der Waals surface area (Å²) in [6.45, 7) is 0.255. The molecule has 27 heavy (non-hydrogen) atoms. The molecule has 1 radical (unpaired) electrons. The van der Waals surface area contributed by atoms with Crippen molar-refractivity contribution < 1.29 is 50.1 Å². The smallest absolute Gasteiger partial charge is 0.325 e. The summed E-state index contributed by atoms with van der Waals surface area (Å²) in [5.74, 6) is -2.61. The van der Waals surface area contributed by atoms with Crippen LogP contribution < -0.4 is 10.6 Å². The number of para-hydroxylation sites is 2. The van der Waals surface area contributed by atoms with Gasteiger partial charge in [-0.3, -0.25) is 20.2 Å². The van der Waals surface area contributed by atoms with Crippen molar-refractivity contribution in [2.75, 3.05) is 13.1 Å². The molecule has 0 spiro atoms. The number of nitrogens with one attached hydrogen (secondary N) is 2. The van der Waals surface area contributed by atoms with Gasteiger partial charge in [0.25, 0.3) is 0 Å². The third-order valence-electron chi connectivity index (χ3n) is 3.81. The van der Waals surface area contributed by atoms with E-state index in [9.17, 15) is 30.0 Å². The van der Waals surface area contributed by atoms with Crippen LogP contribution in [0.3, 0.4) is 0 Å². The molecule has 0 aliphatic rings. The number of aliphatic carboxylic acids is 2. The van der Waals surface area contributed by atoms with Gasteiger partial charge in [0.1, 0.15) is 23.6 Å². The van der Waals surface area contributed by atoms with Crippen molar-refractivity contribution in [3.8, 4) is 11.5 Å². The van der Waals surface area contributed by atoms with Crippen molar-refractivity contribution >= 4 is 11.9 Å². The van der Waals surface area contributed by atoms with Gasteiger partial charge >= 0.3 is 11.9 Å². The molecular weight excluding hydrogens is 439 g/mol. The summed E-state index contributed by atoms with van der Waals surface area (Å²) in [6.07, 6.45) is 0. The first-order chi connectivity index (χ1) is 12.4. The summed E-state index contributed by atoms with van der Waals surface area (Å²) in [7, 11) is 0. The second-order valence-electron chi connectivity index (χ2n) is 5.57. The fourth-order valence-electron chi connectivity index (χ4n) is 2.56. The number of carboxylic acid groups (broad SMARTS) is 2. The molecule has 2 unspecified atom stereocenters. The van der Waals surface area contributed by atoms with Crippen molar-refractivity contribution in [3.63, 3.8) is 0 Å². The molecule has 2 rings (SSSR count). The first-order valence-electron chi connectivity index (χ1n) is 7.90. The molecule has 0 bridgehead atoms. The number of rotatable bonds is 9. The molecule has 0 fully saturated rings. The van der Waals surface area contributed by atoms with Gasteiger partial charge in [-0.05, 0) is 12.1 Å². The second-order valence-corrected chi connectivity index (χ2v) is 5.57. The van der Waals surface area contributed by atoms with Gasteiger partial charge in [0.05, 0.1) is 0 Å². The first-order valence-corrected chi connectivity index (χ1v) is 7.90. The summed E-state index contributed by atoms with van der Waals surface area (Å²) in [4.78, 5) is 22.9. The number of aromatic hydroxyl groups is 2. The Labute approximate surface area is 169 Å². The minimum atomic E-state index is -1.16. The molecule has 9 heteroatoms. The predicted molar refractivity (Wildman–Crippen MR) is 93.0 cm³/mol. The van der Waals surface area contributed by atoms with Crippen molar-refractivity contribution in [2.45, 2.75) is 12.1 Å². The van der Waals surface area contributed by atoms with E-state index in [2.05, 4.69) is 10.6 Å². The number of carbonyl (C=O) groups is 2. The van der Waals surface area contributed by atoms with E-state index in [4.69, 9.17) is 0 Å². The van der Waals surface area contributed by atoms with E-state index in [1.807, 2.05) is 0 Å². The Hall–Kier alpha value is -2.45. The molecule has 2 aromatic rings. The van der Waals surface area contributed by atoms with E-state index in [0.29, 0.717) is 0 Å². The zero-order valence-corrected chi connectivity index (χ0v) is 16.0. The molecule has 2 atom stereocenters. The van der Waals surface area contributed by atoms with Gasteiger partial charge in [0.2, 0.25) is 0 Å². The summed E-state index contributed by atoms with van der Waals surface area (Å²) >= 11 is 0. The Morgan fingerprint density at radius 3 is 1.37 bits per heavy atom. The van der Waals surface area contributed by atoms with Crippen LogP contribution in [0.5, 0.6) is 11.5 Å². The first kappa shape index (κ1) is 22.6. The normalized spacial score (nSPS) is 12.6. The Kier molecular flexibility index (Phi) is 8.90. The molecule has 0 aliphatic carbocycles. The summed E-state index contributed by atoms with van der Waals surface area (Å²) in [6, 6.07) is 9.91. The molecule has 0 aliphatic heterocycles. The van der Waals surface area contributed by atoms with Crippen LogP contribution in [0.2, 0.25) is 0 Å². The standard InChI is InChI=1S/C18H20N2O6.Tc/c21-13-7-3-1-5-11(13)15(17(23)24)19-9-10-20-16(18(25)26)12-6-2-4-8-14(12)22;/h1-8,15-16,19-22H,9-10H2,(H,23,24)(H,25,26);/i;1+1. The van der Waals surface area contributed by atoms with E-state index >= 15 is 0 Å². The van der Waals surface area contributed by atoms with Crippen LogP contribution in [0.4, 0.5) is 0 Å². The number of hydrogen-bond donors (Lipinski definition) is 6. The number of carboxylic acids is 2. The van der Waals surface area contributed by atoms with Crippen LogP contribution >= 0.6 is 0 Å². The quantitative estimate of drug-likeness (QED) is 0.308. The van der Waals surface area contributed by atoms with Gasteiger partial charge < -0.3 is 20.4 Å². The third-order valence-corrected chi connectivity index (χ3v) is 3.81. The van der Waals surface area contributed by atoms with Gasteiger partial charge in [-0.2, -0.15) is 0 Å². The van der Waals surface area contributed by atoms with Crippen LogP contribution in [0.1, 0.15) is 23.2 Å². The fraction of sp³-hybridized carbons (Fsp3) is 0.222. The zero-order valence-electron chi connectivity index (χ0n) is 14.2. The molecule has 2 aromatic carbocycles. The number of hydrogen-bond acceptors (Lipinski definition) is 6. The molecule has 0 saturated heterocycles. The van der Waals surface area contributed by atoms with Crippen LogP contribution in [-0.4, -0.2) is 45.5 Å². The molecule has 0 amide bonds. The molecular formula is C18H20N2O6Tc. The fourth-order valence-corrected chi connectivity index (χ4v) is 2.56. The van der Waals surface area contributed by atoms with Gasteiger partial charge in [0.15, 0.2) is 0 Å². The SMILES string of the molecule is O=C(O)C(NCCNC(C(=O)O)c1ccccc1O)c1ccccc1O.[99Tc]. The van der Waals surface area contributed by atoms with E-state index in [0.717, 1.165) is 0 Å².